The molecular formula is C13H16N4O3. The number of benzene rings is 1. The second-order valence-corrected chi connectivity index (χ2v) is 5.16. The Balaban J connectivity index is 2.06. The van der Waals surface area contributed by atoms with Crippen LogP contribution in [0.15, 0.2) is 30.6 Å². The summed E-state index contributed by atoms with van der Waals surface area (Å²) in [5.41, 5.74) is 0.136. The molecule has 106 valence electrons. The Morgan fingerprint density at radius 3 is 2.55 bits per heavy atom. The van der Waals surface area contributed by atoms with Gasteiger partial charge in [0, 0.05) is 0 Å². The van der Waals surface area contributed by atoms with Gasteiger partial charge >= 0.3 is 6.09 Å². The first-order valence-corrected chi connectivity index (χ1v) is 6.04. The molecular weight excluding hydrogens is 260 g/mol. The number of hydrogen-bond acceptors (Lipinski definition) is 5. The lowest BCUT2D eigenvalue weighted by Gasteiger charge is -2.18. The van der Waals surface area contributed by atoms with E-state index >= 15 is 0 Å². The van der Waals surface area contributed by atoms with Crippen molar-refractivity contribution < 1.29 is 14.6 Å². The minimum absolute atomic E-state index is 0.146. The van der Waals surface area contributed by atoms with Gasteiger partial charge < -0.3 is 9.84 Å². The van der Waals surface area contributed by atoms with E-state index in [2.05, 4.69) is 15.4 Å². The maximum atomic E-state index is 11.6. The average molecular weight is 276 g/mol. The van der Waals surface area contributed by atoms with Crippen LogP contribution in [-0.2, 0) is 4.74 Å². The fourth-order valence-corrected chi connectivity index (χ4v) is 1.45. The van der Waals surface area contributed by atoms with E-state index in [0.29, 0.717) is 5.69 Å². The molecule has 1 aromatic heterocycles. The number of phenolic OH excluding ortho intramolecular Hbond substituents is 1. The summed E-state index contributed by atoms with van der Waals surface area (Å²) < 4.78 is 6.58. The van der Waals surface area contributed by atoms with Gasteiger partial charge in [-0.15, -0.1) is 5.10 Å². The summed E-state index contributed by atoms with van der Waals surface area (Å²) in [4.78, 5) is 15.5. The van der Waals surface area contributed by atoms with Crippen LogP contribution in [0.4, 0.5) is 10.7 Å². The van der Waals surface area contributed by atoms with Gasteiger partial charge in [-0.25, -0.2) is 9.48 Å². The third-order valence-corrected chi connectivity index (χ3v) is 2.22. The van der Waals surface area contributed by atoms with Crippen LogP contribution in [-0.4, -0.2) is 31.6 Å². The largest absolute Gasteiger partial charge is 0.508 e. The number of phenols is 1. The van der Waals surface area contributed by atoms with Crippen molar-refractivity contribution in [2.45, 2.75) is 26.4 Å². The summed E-state index contributed by atoms with van der Waals surface area (Å²) in [6.07, 6.45) is 0.847. The molecule has 7 heteroatoms. The Morgan fingerprint density at radius 1 is 1.30 bits per heavy atom. The predicted molar refractivity (Wildman–Crippen MR) is 72.9 cm³/mol. The summed E-state index contributed by atoms with van der Waals surface area (Å²) in [5.74, 6) is 0.313. The third kappa shape index (κ3) is 3.71. The lowest BCUT2D eigenvalue weighted by Crippen LogP contribution is -2.27. The van der Waals surface area contributed by atoms with Crippen LogP contribution >= 0.6 is 0 Å². The van der Waals surface area contributed by atoms with Crippen molar-refractivity contribution in [1.82, 2.24) is 14.8 Å². The number of carbonyl (C=O) groups excluding carboxylic acids is 1. The van der Waals surface area contributed by atoms with E-state index in [-0.39, 0.29) is 11.7 Å². The lowest BCUT2D eigenvalue weighted by atomic mass is 10.2. The van der Waals surface area contributed by atoms with Crippen molar-refractivity contribution in [3.63, 3.8) is 0 Å². The highest BCUT2D eigenvalue weighted by Gasteiger charge is 2.17. The molecule has 0 radical (unpaired) electrons. The van der Waals surface area contributed by atoms with E-state index in [1.165, 1.54) is 23.1 Å². The van der Waals surface area contributed by atoms with Gasteiger partial charge in [-0.3, -0.25) is 5.32 Å². The van der Waals surface area contributed by atoms with Gasteiger partial charge in [0.2, 0.25) is 0 Å². The van der Waals surface area contributed by atoms with Crippen molar-refractivity contribution >= 4 is 12.0 Å². The van der Waals surface area contributed by atoms with Gasteiger partial charge in [0.15, 0.2) is 0 Å². The van der Waals surface area contributed by atoms with Crippen molar-refractivity contribution in [2.75, 3.05) is 5.32 Å². The highest BCUT2D eigenvalue weighted by atomic mass is 16.6. The monoisotopic (exact) mass is 276 g/mol. The number of rotatable bonds is 2. The van der Waals surface area contributed by atoms with Gasteiger partial charge in [-0.1, -0.05) is 0 Å². The average Bonchev–Trinajstić information content (AvgIpc) is 2.75. The molecule has 0 aliphatic carbocycles. The number of anilines is 1. The molecule has 0 spiro atoms. The second kappa shape index (κ2) is 5.20. The first kappa shape index (κ1) is 13.9. The lowest BCUT2D eigenvalue weighted by molar-refractivity contribution is 0.0634. The van der Waals surface area contributed by atoms with Crippen LogP contribution in [0, 0.1) is 0 Å². The van der Waals surface area contributed by atoms with Crippen molar-refractivity contribution in [2.24, 2.45) is 0 Å². The van der Waals surface area contributed by atoms with Crippen LogP contribution < -0.4 is 5.32 Å². The van der Waals surface area contributed by atoms with Crippen LogP contribution in [0.25, 0.3) is 5.69 Å². The fourth-order valence-electron chi connectivity index (χ4n) is 1.45. The first-order chi connectivity index (χ1) is 9.33. The van der Waals surface area contributed by atoms with Gasteiger partial charge in [-0.05, 0) is 45.0 Å². The van der Waals surface area contributed by atoms with E-state index in [1.807, 2.05) is 0 Å². The van der Waals surface area contributed by atoms with Gasteiger partial charge in [0.25, 0.3) is 5.95 Å². The van der Waals surface area contributed by atoms with Crippen molar-refractivity contribution in [1.29, 1.82) is 0 Å². The van der Waals surface area contributed by atoms with Gasteiger partial charge in [-0.2, -0.15) is 4.98 Å². The van der Waals surface area contributed by atoms with E-state index in [9.17, 15) is 9.90 Å². The van der Waals surface area contributed by atoms with E-state index < -0.39 is 11.7 Å². The molecule has 0 aliphatic rings. The number of ether oxygens (including phenoxy) is 1. The zero-order chi connectivity index (χ0) is 14.8. The molecule has 0 bridgehead atoms. The standard InChI is InChI=1S/C13H16N4O3/c1-13(2,3)20-12(19)15-11-14-8-17(16-11)9-4-6-10(18)7-5-9/h4-8,18H,1-3H3,(H,15,16,19). The molecule has 0 saturated carbocycles. The van der Waals surface area contributed by atoms with E-state index in [1.54, 1.807) is 32.9 Å². The fraction of sp³-hybridized carbons (Fsp3) is 0.308. The van der Waals surface area contributed by atoms with Crippen molar-refractivity contribution in [3.05, 3.63) is 30.6 Å². The quantitative estimate of drug-likeness (QED) is 0.878. The number of aromatic hydroxyl groups is 1. The number of aromatic nitrogens is 3. The molecule has 0 unspecified atom stereocenters. The van der Waals surface area contributed by atoms with Crippen LogP contribution in [0.3, 0.4) is 0 Å². The first-order valence-electron chi connectivity index (χ1n) is 6.04. The smallest absolute Gasteiger partial charge is 0.414 e. The molecule has 20 heavy (non-hydrogen) atoms. The molecule has 2 rings (SSSR count). The summed E-state index contributed by atoms with van der Waals surface area (Å²) in [7, 11) is 0. The molecule has 0 fully saturated rings. The highest BCUT2D eigenvalue weighted by Crippen LogP contribution is 2.14. The molecule has 1 amide bonds. The maximum Gasteiger partial charge on any atom is 0.414 e. The summed E-state index contributed by atoms with van der Waals surface area (Å²) in [6, 6.07) is 6.44. The third-order valence-electron chi connectivity index (χ3n) is 2.22. The number of nitrogens with one attached hydrogen (secondary N) is 1. The Bertz CT molecular complexity index is 599. The van der Waals surface area contributed by atoms with Crippen molar-refractivity contribution in [3.8, 4) is 11.4 Å². The number of hydrogen-bond donors (Lipinski definition) is 2. The van der Waals surface area contributed by atoms with Crippen LogP contribution in [0.2, 0.25) is 0 Å². The summed E-state index contributed by atoms with van der Waals surface area (Å²) in [6.45, 7) is 5.32. The van der Waals surface area contributed by atoms with Crippen LogP contribution in [0.1, 0.15) is 20.8 Å². The minimum atomic E-state index is -0.610. The molecule has 1 heterocycles. The minimum Gasteiger partial charge on any atom is -0.508 e. The molecule has 2 N–H and O–H groups in total. The van der Waals surface area contributed by atoms with E-state index in [0.717, 1.165) is 0 Å². The Kier molecular flexibility index (Phi) is 3.60. The van der Waals surface area contributed by atoms with E-state index in [4.69, 9.17) is 4.74 Å². The molecule has 0 atom stereocenters. The topological polar surface area (TPSA) is 89.3 Å². The maximum absolute atomic E-state index is 11.6. The van der Waals surface area contributed by atoms with Gasteiger partial charge in [0.05, 0.1) is 5.69 Å². The summed E-state index contributed by atoms with van der Waals surface area (Å²) in [5, 5.41) is 15.8. The van der Waals surface area contributed by atoms with Crippen LogP contribution in [0.5, 0.6) is 5.75 Å². The number of nitrogens with zero attached hydrogens (tertiary/aromatic N) is 3. The molecule has 7 nitrogen and oxygen atoms in total. The number of amides is 1. The molecule has 2 aromatic rings. The molecule has 0 aliphatic heterocycles. The zero-order valence-corrected chi connectivity index (χ0v) is 11.5. The SMILES string of the molecule is CC(C)(C)OC(=O)Nc1ncn(-c2ccc(O)cc2)n1. The van der Waals surface area contributed by atoms with Gasteiger partial charge in [0.1, 0.15) is 17.7 Å². The molecule has 1 aromatic carbocycles. The number of carbonyl (C=O) groups is 1. The summed E-state index contributed by atoms with van der Waals surface area (Å²) >= 11 is 0. The zero-order valence-electron chi connectivity index (χ0n) is 11.5. The Hall–Kier alpha value is -2.57. The highest BCUT2D eigenvalue weighted by molar-refractivity contribution is 5.82. The Labute approximate surface area is 116 Å². The normalized spacial score (nSPS) is 11.2. The molecule has 0 saturated heterocycles. The predicted octanol–water partition coefficient (Wildman–Crippen LogP) is 2.32. The Morgan fingerprint density at radius 2 is 1.95 bits per heavy atom. The second-order valence-electron chi connectivity index (χ2n) is 5.16.